The first kappa shape index (κ1) is 33.6. The summed E-state index contributed by atoms with van der Waals surface area (Å²) >= 11 is 0. The molecular weight excluding hydrogens is 550 g/mol. The molecule has 6 N–H and O–H groups in total. The lowest BCUT2D eigenvalue weighted by Crippen LogP contribution is -2.55. The van der Waals surface area contributed by atoms with Crippen molar-refractivity contribution in [3.8, 4) is 5.75 Å². The maximum atomic E-state index is 13.5. The van der Waals surface area contributed by atoms with Crippen molar-refractivity contribution in [2.75, 3.05) is 19.8 Å². The minimum atomic E-state index is -1.38. The lowest BCUT2D eigenvalue weighted by Gasteiger charge is -2.25. The van der Waals surface area contributed by atoms with Crippen LogP contribution in [0.3, 0.4) is 0 Å². The minimum absolute atomic E-state index is 0.0868. The molecule has 0 unspecified atom stereocenters. The van der Waals surface area contributed by atoms with Crippen LogP contribution in [0.25, 0.3) is 0 Å². The number of rotatable bonds is 15. The standard InChI is InChI=1S/C29H37N3O10/c1-29(2,3)42-28(40)32-22(15-18-8-5-4-6-9-18)26(37)31-21(25(36)30-12-7-13-33)16-19-10-11-23(41-17-24(34)35)20(14-19)27(38)39/h4-6,8-11,14,21-22,33H,7,12-13,15-17H2,1-3H3,(H,30,36)(H,31,37)(H,32,40)(H,34,35)(H,38,39)/t21-,22-/m0/s1. The number of nitrogens with one attached hydrogen (secondary N) is 3. The first-order chi connectivity index (χ1) is 19.8. The van der Waals surface area contributed by atoms with Gasteiger partial charge in [-0.3, -0.25) is 9.59 Å². The average molecular weight is 588 g/mol. The topological polar surface area (TPSA) is 201 Å². The molecule has 2 atom stereocenters. The maximum Gasteiger partial charge on any atom is 0.408 e. The molecule has 13 nitrogen and oxygen atoms in total. The predicted molar refractivity (Wildman–Crippen MR) is 150 cm³/mol. The number of alkyl carbamates (subject to hydrolysis) is 1. The van der Waals surface area contributed by atoms with Gasteiger partial charge in [0.15, 0.2) is 6.61 Å². The third-order valence-electron chi connectivity index (χ3n) is 5.62. The normalized spacial score (nSPS) is 12.4. The van der Waals surface area contributed by atoms with Crippen molar-refractivity contribution in [1.82, 2.24) is 16.0 Å². The van der Waals surface area contributed by atoms with Crippen LogP contribution < -0.4 is 20.7 Å². The van der Waals surface area contributed by atoms with E-state index in [1.807, 2.05) is 0 Å². The van der Waals surface area contributed by atoms with Gasteiger partial charge in [0.05, 0.1) is 0 Å². The van der Waals surface area contributed by atoms with E-state index >= 15 is 0 Å². The van der Waals surface area contributed by atoms with Crippen LogP contribution in [0.1, 0.15) is 48.7 Å². The lowest BCUT2D eigenvalue weighted by atomic mass is 10.0. The zero-order valence-corrected chi connectivity index (χ0v) is 23.7. The van der Waals surface area contributed by atoms with Crippen LogP contribution in [0.2, 0.25) is 0 Å². The summed E-state index contributed by atoms with van der Waals surface area (Å²) < 4.78 is 10.4. The van der Waals surface area contributed by atoms with E-state index in [0.29, 0.717) is 5.56 Å². The smallest absolute Gasteiger partial charge is 0.408 e. The molecule has 13 heteroatoms. The number of amides is 3. The molecule has 0 aliphatic rings. The summed E-state index contributed by atoms with van der Waals surface area (Å²) in [6, 6.07) is 10.5. The van der Waals surface area contributed by atoms with Gasteiger partial charge in [0, 0.05) is 26.0 Å². The van der Waals surface area contributed by atoms with Crippen LogP contribution in [0.5, 0.6) is 5.75 Å². The van der Waals surface area contributed by atoms with E-state index in [9.17, 15) is 29.1 Å². The fraction of sp³-hybridized carbons (Fsp3) is 0.414. The van der Waals surface area contributed by atoms with E-state index in [4.69, 9.17) is 19.7 Å². The second kappa shape index (κ2) is 16.0. The fourth-order valence-electron chi connectivity index (χ4n) is 3.78. The van der Waals surface area contributed by atoms with Crippen molar-refractivity contribution >= 4 is 29.8 Å². The Morgan fingerprint density at radius 2 is 1.50 bits per heavy atom. The van der Waals surface area contributed by atoms with Gasteiger partial charge in [-0.2, -0.15) is 0 Å². The summed E-state index contributed by atoms with van der Waals surface area (Å²) in [5, 5.41) is 35.4. The molecule has 0 aliphatic heterocycles. The highest BCUT2D eigenvalue weighted by atomic mass is 16.6. The molecule has 0 bridgehead atoms. The van der Waals surface area contributed by atoms with E-state index < -0.39 is 54.1 Å². The predicted octanol–water partition coefficient (Wildman–Crippen LogP) is 1.51. The van der Waals surface area contributed by atoms with E-state index in [1.165, 1.54) is 18.2 Å². The molecule has 3 amide bonds. The van der Waals surface area contributed by atoms with Crippen LogP contribution in [0, 0.1) is 0 Å². The summed E-state index contributed by atoms with van der Waals surface area (Å²) in [6.07, 6.45) is -0.628. The van der Waals surface area contributed by atoms with Crippen molar-refractivity contribution in [2.24, 2.45) is 0 Å². The molecule has 0 aromatic heterocycles. The van der Waals surface area contributed by atoms with Gasteiger partial charge in [-0.25, -0.2) is 14.4 Å². The van der Waals surface area contributed by atoms with E-state index in [1.54, 1.807) is 51.1 Å². The quantitative estimate of drug-likeness (QED) is 0.166. The molecule has 2 rings (SSSR count). The molecular formula is C29H37N3O10. The highest BCUT2D eigenvalue weighted by Crippen LogP contribution is 2.21. The van der Waals surface area contributed by atoms with Gasteiger partial charge < -0.3 is 40.7 Å². The fourth-order valence-corrected chi connectivity index (χ4v) is 3.78. The second-order valence-electron chi connectivity index (χ2n) is 10.3. The average Bonchev–Trinajstić information content (AvgIpc) is 2.91. The van der Waals surface area contributed by atoms with Gasteiger partial charge in [0.25, 0.3) is 0 Å². The molecule has 0 radical (unpaired) electrons. The van der Waals surface area contributed by atoms with Gasteiger partial charge in [-0.05, 0) is 50.5 Å². The van der Waals surface area contributed by atoms with Gasteiger partial charge >= 0.3 is 18.0 Å². The number of aromatic carboxylic acids is 1. The first-order valence-electron chi connectivity index (χ1n) is 13.2. The number of aliphatic carboxylic acids is 1. The number of ether oxygens (including phenoxy) is 2. The van der Waals surface area contributed by atoms with Crippen molar-refractivity contribution in [2.45, 2.75) is 57.7 Å². The molecule has 0 spiro atoms. The number of carboxylic acid groups (broad SMARTS) is 2. The summed E-state index contributed by atoms with van der Waals surface area (Å²) in [7, 11) is 0. The van der Waals surface area contributed by atoms with E-state index in [2.05, 4.69) is 16.0 Å². The highest BCUT2D eigenvalue weighted by molar-refractivity contribution is 5.93. The summed E-state index contributed by atoms with van der Waals surface area (Å²) in [4.78, 5) is 61.8. The van der Waals surface area contributed by atoms with Crippen LogP contribution in [0.4, 0.5) is 4.79 Å². The van der Waals surface area contributed by atoms with Crippen LogP contribution in [-0.4, -0.2) is 82.6 Å². The van der Waals surface area contributed by atoms with Crippen molar-refractivity contribution in [3.05, 3.63) is 65.2 Å². The Morgan fingerprint density at radius 1 is 0.857 bits per heavy atom. The minimum Gasteiger partial charge on any atom is -0.481 e. The number of carbonyl (C=O) groups excluding carboxylic acids is 3. The number of aliphatic hydroxyl groups excluding tert-OH is 1. The first-order valence-corrected chi connectivity index (χ1v) is 13.2. The molecule has 0 saturated carbocycles. The molecule has 228 valence electrons. The molecule has 0 saturated heterocycles. The van der Waals surface area contributed by atoms with E-state index in [0.717, 1.165) is 5.56 Å². The van der Waals surface area contributed by atoms with E-state index in [-0.39, 0.29) is 43.7 Å². The number of aliphatic hydroxyl groups is 1. The number of benzene rings is 2. The molecule has 2 aromatic carbocycles. The Balaban J connectivity index is 2.34. The Labute approximate surface area is 243 Å². The lowest BCUT2D eigenvalue weighted by molar-refractivity contribution is -0.139. The highest BCUT2D eigenvalue weighted by Gasteiger charge is 2.29. The largest absolute Gasteiger partial charge is 0.481 e. The molecule has 42 heavy (non-hydrogen) atoms. The van der Waals surface area contributed by atoms with Gasteiger partial charge in [-0.15, -0.1) is 0 Å². The number of hydrogen-bond acceptors (Lipinski definition) is 8. The van der Waals surface area contributed by atoms with Gasteiger partial charge in [0.2, 0.25) is 11.8 Å². The Bertz CT molecular complexity index is 1240. The summed E-state index contributed by atoms with van der Waals surface area (Å²) in [5.74, 6) is -4.13. The molecule has 0 aliphatic carbocycles. The summed E-state index contributed by atoms with van der Waals surface area (Å²) in [5.41, 5.74) is -0.0824. The zero-order chi connectivity index (χ0) is 31.3. The number of carbonyl (C=O) groups is 5. The Hall–Kier alpha value is -4.65. The van der Waals surface area contributed by atoms with Crippen molar-refractivity contribution in [3.63, 3.8) is 0 Å². The van der Waals surface area contributed by atoms with Crippen molar-refractivity contribution < 1.29 is 48.8 Å². The van der Waals surface area contributed by atoms with Crippen LogP contribution >= 0.6 is 0 Å². The SMILES string of the molecule is CC(C)(C)OC(=O)N[C@@H](Cc1ccccc1)C(=O)N[C@@H](Cc1ccc(OCC(=O)O)c(C(=O)O)c1)C(=O)NCCCO. The Morgan fingerprint density at radius 3 is 2.10 bits per heavy atom. The third kappa shape index (κ3) is 11.8. The Kier molecular flexibility index (Phi) is 12.8. The van der Waals surface area contributed by atoms with Gasteiger partial charge in [0.1, 0.15) is 29.0 Å². The molecule has 2 aromatic rings. The maximum absolute atomic E-state index is 13.5. The van der Waals surface area contributed by atoms with Crippen LogP contribution in [0.15, 0.2) is 48.5 Å². The number of hydrogen-bond donors (Lipinski definition) is 6. The third-order valence-corrected chi connectivity index (χ3v) is 5.62. The second-order valence-corrected chi connectivity index (χ2v) is 10.3. The zero-order valence-electron chi connectivity index (χ0n) is 23.7. The molecule has 0 fully saturated rings. The monoisotopic (exact) mass is 587 g/mol. The van der Waals surface area contributed by atoms with Crippen LogP contribution in [-0.2, 0) is 32.0 Å². The van der Waals surface area contributed by atoms with Crippen molar-refractivity contribution in [1.29, 1.82) is 0 Å². The number of carboxylic acids is 2. The summed E-state index contributed by atoms with van der Waals surface area (Å²) in [6.45, 7) is 4.22. The van der Waals surface area contributed by atoms with Gasteiger partial charge in [-0.1, -0.05) is 36.4 Å². The molecule has 0 heterocycles.